The van der Waals surface area contributed by atoms with Crippen molar-refractivity contribution in [3.8, 4) is 5.75 Å². The standard InChI is InChI=1S/C25H23ClN4O4/c1-15(20(16-9-5-4-6-10-16)18-11-7-8-12-19(18)26)23-29-21(22(33-3)25(32)30(23)2)24(31)28-17-13-27-34-14-17/h4-15,20H,1-3H3,(H,28,31)/t15-,20+/m0/s1. The summed E-state index contributed by atoms with van der Waals surface area (Å²) in [6, 6.07) is 17.4. The van der Waals surface area contributed by atoms with Crippen LogP contribution in [0.2, 0.25) is 5.02 Å². The van der Waals surface area contributed by atoms with E-state index < -0.39 is 11.5 Å². The molecule has 9 heteroatoms. The number of anilines is 1. The Morgan fingerprint density at radius 2 is 1.85 bits per heavy atom. The highest BCUT2D eigenvalue weighted by molar-refractivity contribution is 6.31. The average molecular weight is 479 g/mol. The van der Waals surface area contributed by atoms with Crippen molar-refractivity contribution in [1.29, 1.82) is 0 Å². The SMILES string of the molecule is COc1c(C(=O)Nc2cnoc2)nc([C@@H](C)[C@H](c2ccccc2)c2ccccc2Cl)n(C)c1=O. The number of nitrogens with zero attached hydrogens (tertiary/aromatic N) is 3. The van der Waals surface area contributed by atoms with E-state index in [1.807, 2.05) is 61.5 Å². The Hall–Kier alpha value is -3.91. The van der Waals surface area contributed by atoms with Crippen LogP contribution < -0.4 is 15.6 Å². The Morgan fingerprint density at radius 3 is 2.50 bits per heavy atom. The van der Waals surface area contributed by atoms with Crippen LogP contribution in [0, 0.1) is 0 Å². The lowest BCUT2D eigenvalue weighted by Gasteiger charge is -2.27. The zero-order valence-corrected chi connectivity index (χ0v) is 19.6. The molecule has 0 spiro atoms. The Bertz CT molecular complexity index is 1350. The summed E-state index contributed by atoms with van der Waals surface area (Å²) in [5.74, 6) is -0.903. The van der Waals surface area contributed by atoms with E-state index in [1.54, 1.807) is 7.05 Å². The van der Waals surface area contributed by atoms with Crippen molar-refractivity contribution in [2.75, 3.05) is 12.4 Å². The van der Waals surface area contributed by atoms with Crippen molar-refractivity contribution in [1.82, 2.24) is 14.7 Å². The minimum atomic E-state index is -0.611. The number of ether oxygens (including phenoxy) is 1. The van der Waals surface area contributed by atoms with Crippen LogP contribution in [0.25, 0.3) is 0 Å². The molecule has 0 unspecified atom stereocenters. The van der Waals surface area contributed by atoms with Crippen LogP contribution >= 0.6 is 11.6 Å². The summed E-state index contributed by atoms with van der Waals surface area (Å²) in [7, 11) is 2.94. The fraction of sp³-hybridized carbons (Fsp3) is 0.200. The summed E-state index contributed by atoms with van der Waals surface area (Å²) in [5.41, 5.74) is 1.63. The van der Waals surface area contributed by atoms with E-state index in [4.69, 9.17) is 20.9 Å². The highest BCUT2D eigenvalue weighted by Gasteiger charge is 2.30. The fourth-order valence-corrected chi connectivity index (χ4v) is 4.33. The number of rotatable bonds is 7. The molecule has 8 nitrogen and oxygen atoms in total. The average Bonchev–Trinajstić information content (AvgIpc) is 3.35. The van der Waals surface area contributed by atoms with Gasteiger partial charge in [-0.15, -0.1) is 0 Å². The molecule has 2 atom stereocenters. The van der Waals surface area contributed by atoms with Crippen LogP contribution in [-0.4, -0.2) is 27.7 Å². The maximum absolute atomic E-state index is 13.2. The molecular weight excluding hydrogens is 456 g/mol. The molecule has 0 saturated carbocycles. The zero-order chi connectivity index (χ0) is 24.2. The predicted molar refractivity (Wildman–Crippen MR) is 129 cm³/mol. The van der Waals surface area contributed by atoms with Gasteiger partial charge in [0.15, 0.2) is 5.69 Å². The van der Waals surface area contributed by atoms with Gasteiger partial charge in [-0.1, -0.05) is 72.2 Å². The van der Waals surface area contributed by atoms with Gasteiger partial charge in [0, 0.05) is 23.9 Å². The Labute approximate surface area is 201 Å². The molecule has 0 aliphatic carbocycles. The van der Waals surface area contributed by atoms with Gasteiger partial charge in [0.25, 0.3) is 11.5 Å². The molecule has 1 N–H and O–H groups in total. The quantitative estimate of drug-likeness (QED) is 0.416. The molecule has 174 valence electrons. The van der Waals surface area contributed by atoms with Crippen molar-refractivity contribution in [3.05, 3.63) is 105 Å². The highest BCUT2D eigenvalue weighted by Crippen LogP contribution is 2.40. The lowest BCUT2D eigenvalue weighted by molar-refractivity contribution is 0.101. The number of benzene rings is 2. The van der Waals surface area contributed by atoms with Gasteiger partial charge in [0.2, 0.25) is 5.75 Å². The second-order valence-corrected chi connectivity index (χ2v) is 8.19. The predicted octanol–water partition coefficient (Wildman–Crippen LogP) is 4.62. The number of nitrogens with one attached hydrogen (secondary N) is 1. The number of aromatic nitrogens is 3. The molecule has 2 aromatic heterocycles. The van der Waals surface area contributed by atoms with Gasteiger partial charge in [-0.05, 0) is 17.2 Å². The molecule has 0 saturated heterocycles. The lowest BCUT2D eigenvalue weighted by atomic mass is 9.81. The van der Waals surface area contributed by atoms with Crippen molar-refractivity contribution >= 4 is 23.2 Å². The minimum Gasteiger partial charge on any atom is -0.489 e. The molecule has 0 radical (unpaired) electrons. The number of halogens is 1. The van der Waals surface area contributed by atoms with Gasteiger partial charge >= 0.3 is 0 Å². The van der Waals surface area contributed by atoms with E-state index >= 15 is 0 Å². The van der Waals surface area contributed by atoms with Gasteiger partial charge in [-0.25, -0.2) is 4.98 Å². The van der Waals surface area contributed by atoms with E-state index in [9.17, 15) is 9.59 Å². The number of amides is 1. The molecular formula is C25H23ClN4O4. The maximum atomic E-state index is 13.2. The van der Waals surface area contributed by atoms with Gasteiger partial charge < -0.3 is 14.6 Å². The largest absolute Gasteiger partial charge is 0.489 e. The first kappa shape index (κ1) is 23.3. The molecule has 1 amide bonds. The van der Waals surface area contributed by atoms with Crippen molar-refractivity contribution in [2.45, 2.75) is 18.8 Å². The van der Waals surface area contributed by atoms with Gasteiger partial charge in [-0.2, -0.15) is 0 Å². The molecule has 0 aliphatic heterocycles. The van der Waals surface area contributed by atoms with E-state index in [0.29, 0.717) is 16.5 Å². The number of carbonyl (C=O) groups excluding carboxylic acids is 1. The Morgan fingerprint density at radius 1 is 1.15 bits per heavy atom. The van der Waals surface area contributed by atoms with Gasteiger partial charge in [0.1, 0.15) is 17.8 Å². The number of hydrogen-bond acceptors (Lipinski definition) is 6. The van der Waals surface area contributed by atoms with Gasteiger partial charge in [0.05, 0.1) is 13.3 Å². The van der Waals surface area contributed by atoms with Crippen molar-refractivity contribution in [3.63, 3.8) is 0 Å². The summed E-state index contributed by atoms with van der Waals surface area (Å²) in [6.07, 6.45) is 2.62. The summed E-state index contributed by atoms with van der Waals surface area (Å²) < 4.78 is 11.4. The van der Waals surface area contributed by atoms with Crippen LogP contribution in [0.3, 0.4) is 0 Å². The summed E-state index contributed by atoms with van der Waals surface area (Å²) in [5, 5.41) is 6.79. The van der Waals surface area contributed by atoms with Crippen LogP contribution in [-0.2, 0) is 7.05 Å². The van der Waals surface area contributed by atoms with Crippen molar-refractivity contribution < 1.29 is 14.1 Å². The minimum absolute atomic E-state index is 0.125. The van der Waals surface area contributed by atoms with Crippen LogP contribution in [0.5, 0.6) is 5.75 Å². The number of hydrogen-bond donors (Lipinski definition) is 1. The first-order valence-corrected chi connectivity index (χ1v) is 10.9. The van der Waals surface area contributed by atoms with Crippen LogP contribution in [0.4, 0.5) is 5.69 Å². The highest BCUT2D eigenvalue weighted by atomic mass is 35.5. The molecule has 2 aromatic carbocycles. The third kappa shape index (κ3) is 4.45. The Kier molecular flexibility index (Phi) is 6.79. The second-order valence-electron chi connectivity index (χ2n) is 7.78. The molecule has 2 heterocycles. The van der Waals surface area contributed by atoms with Crippen molar-refractivity contribution in [2.24, 2.45) is 7.05 Å². The third-order valence-electron chi connectivity index (χ3n) is 5.70. The van der Waals surface area contributed by atoms with Crippen LogP contribution in [0.15, 0.2) is 76.4 Å². The lowest BCUT2D eigenvalue weighted by Crippen LogP contribution is -2.31. The van der Waals surface area contributed by atoms with E-state index in [0.717, 1.165) is 11.1 Å². The number of carbonyl (C=O) groups is 1. The molecule has 34 heavy (non-hydrogen) atoms. The second kappa shape index (κ2) is 9.93. The van der Waals surface area contributed by atoms with Crippen LogP contribution in [0.1, 0.15) is 46.2 Å². The first-order valence-electron chi connectivity index (χ1n) is 10.6. The maximum Gasteiger partial charge on any atom is 0.296 e. The Balaban J connectivity index is 1.86. The van der Waals surface area contributed by atoms with E-state index in [1.165, 1.54) is 24.1 Å². The first-order chi connectivity index (χ1) is 16.4. The fourth-order valence-electron chi connectivity index (χ4n) is 4.07. The molecule has 4 aromatic rings. The smallest absolute Gasteiger partial charge is 0.296 e. The molecule has 4 rings (SSSR count). The molecule has 0 fully saturated rings. The summed E-state index contributed by atoms with van der Waals surface area (Å²) in [6.45, 7) is 1.96. The van der Waals surface area contributed by atoms with Gasteiger partial charge in [-0.3, -0.25) is 14.2 Å². The summed E-state index contributed by atoms with van der Waals surface area (Å²) >= 11 is 6.59. The molecule has 0 bridgehead atoms. The summed E-state index contributed by atoms with van der Waals surface area (Å²) in [4.78, 5) is 30.8. The topological polar surface area (TPSA) is 99.2 Å². The van der Waals surface area contributed by atoms with E-state index in [2.05, 4.69) is 15.5 Å². The normalized spacial score (nSPS) is 12.7. The number of methoxy groups -OCH3 is 1. The van der Waals surface area contributed by atoms with E-state index in [-0.39, 0.29) is 23.3 Å². The zero-order valence-electron chi connectivity index (χ0n) is 18.9. The monoisotopic (exact) mass is 478 g/mol. The molecule has 0 aliphatic rings. The third-order valence-corrected chi connectivity index (χ3v) is 6.04.